The van der Waals surface area contributed by atoms with Crippen molar-refractivity contribution in [2.75, 3.05) is 37.7 Å². The van der Waals surface area contributed by atoms with Gasteiger partial charge in [0.1, 0.15) is 0 Å². The first kappa shape index (κ1) is 19.4. The maximum absolute atomic E-state index is 6.17. The van der Waals surface area contributed by atoms with Gasteiger partial charge in [-0.15, -0.1) is 0 Å². The van der Waals surface area contributed by atoms with E-state index in [9.17, 15) is 0 Å². The molecule has 148 valence electrons. The smallest absolute Gasteiger partial charge is 0.0873 e. The lowest BCUT2D eigenvalue weighted by Crippen LogP contribution is -2.57. The summed E-state index contributed by atoms with van der Waals surface area (Å²) in [5.74, 6) is 0. The zero-order valence-corrected chi connectivity index (χ0v) is 17.7. The topological polar surface area (TPSA) is 22.1 Å². The van der Waals surface area contributed by atoms with Gasteiger partial charge in [0, 0.05) is 37.4 Å². The fraction of sp³-hybridized carbons (Fsp3) is 0.435. The minimum atomic E-state index is 0.285. The Balaban J connectivity index is 1.65. The predicted molar refractivity (Wildman–Crippen MR) is 119 cm³/mol. The van der Waals surface area contributed by atoms with Gasteiger partial charge in [-0.3, -0.25) is 14.9 Å². The minimum Gasteiger partial charge on any atom is -0.299 e. The summed E-state index contributed by atoms with van der Waals surface area (Å²) in [5.41, 5.74) is 3.83. The average Bonchev–Trinajstić information content (AvgIpc) is 2.67. The Kier molecular flexibility index (Phi) is 5.46. The third-order valence-corrected chi connectivity index (χ3v) is 5.60. The second kappa shape index (κ2) is 7.86. The SMILES string of the molecule is CC(C)(C)CN1CCN(N2CC=Nc3ccccc32)C(c2ccc(Cl)cc2)C1. The Bertz CT molecular complexity index is 840. The van der Waals surface area contributed by atoms with Crippen molar-refractivity contribution < 1.29 is 0 Å². The zero-order chi connectivity index (χ0) is 19.7. The second-order valence-corrected chi connectivity index (χ2v) is 9.35. The molecule has 4 nitrogen and oxygen atoms in total. The number of hydrogen-bond donors (Lipinski definition) is 0. The lowest BCUT2D eigenvalue weighted by molar-refractivity contribution is 0.0482. The third-order valence-electron chi connectivity index (χ3n) is 5.34. The van der Waals surface area contributed by atoms with Gasteiger partial charge in [-0.05, 0) is 35.2 Å². The number of fused-ring (bicyclic) bond motifs is 1. The standard InChI is InChI=1S/C23H29ClN4/c1-23(2,3)17-26-14-15-28(22(16-26)18-8-10-19(24)11-9-18)27-13-12-25-20-6-4-5-7-21(20)27/h4-12,22H,13-17H2,1-3H3. The van der Waals surface area contributed by atoms with Crippen molar-refractivity contribution in [2.24, 2.45) is 10.4 Å². The molecule has 1 saturated heterocycles. The summed E-state index contributed by atoms with van der Waals surface area (Å²) in [6.07, 6.45) is 2.02. The number of halogens is 1. The number of anilines is 1. The molecule has 4 rings (SSSR count). The van der Waals surface area contributed by atoms with Crippen LogP contribution < -0.4 is 5.01 Å². The minimum absolute atomic E-state index is 0.285. The number of benzene rings is 2. The van der Waals surface area contributed by atoms with Crippen molar-refractivity contribution in [1.82, 2.24) is 9.91 Å². The van der Waals surface area contributed by atoms with Gasteiger partial charge >= 0.3 is 0 Å². The number of aliphatic imine (C=N–C) groups is 1. The molecular weight excluding hydrogens is 368 g/mol. The van der Waals surface area contributed by atoms with E-state index in [1.165, 1.54) is 11.3 Å². The molecule has 28 heavy (non-hydrogen) atoms. The molecule has 0 spiro atoms. The van der Waals surface area contributed by atoms with Gasteiger partial charge in [0.15, 0.2) is 0 Å². The van der Waals surface area contributed by atoms with Crippen molar-refractivity contribution in [3.8, 4) is 0 Å². The molecule has 1 fully saturated rings. The molecule has 2 aliphatic rings. The fourth-order valence-corrected chi connectivity index (χ4v) is 4.37. The molecule has 0 aromatic heterocycles. The van der Waals surface area contributed by atoms with Crippen LogP contribution >= 0.6 is 11.6 Å². The fourth-order valence-electron chi connectivity index (χ4n) is 4.25. The molecule has 0 amide bonds. The summed E-state index contributed by atoms with van der Waals surface area (Å²) < 4.78 is 0. The molecule has 0 saturated carbocycles. The number of piperazine rings is 1. The Morgan fingerprint density at radius 2 is 1.79 bits per heavy atom. The monoisotopic (exact) mass is 396 g/mol. The Hall–Kier alpha value is -1.88. The molecule has 5 heteroatoms. The van der Waals surface area contributed by atoms with E-state index < -0.39 is 0 Å². The van der Waals surface area contributed by atoms with E-state index >= 15 is 0 Å². The number of hydrazine groups is 1. The van der Waals surface area contributed by atoms with Crippen LogP contribution in [0.4, 0.5) is 11.4 Å². The predicted octanol–water partition coefficient (Wildman–Crippen LogP) is 5.18. The lowest BCUT2D eigenvalue weighted by atomic mass is 9.94. The first-order chi connectivity index (χ1) is 13.4. The zero-order valence-electron chi connectivity index (χ0n) is 17.0. The van der Waals surface area contributed by atoms with Gasteiger partial charge < -0.3 is 0 Å². The first-order valence-corrected chi connectivity index (χ1v) is 10.4. The van der Waals surface area contributed by atoms with Crippen LogP contribution in [0.25, 0.3) is 0 Å². The van der Waals surface area contributed by atoms with Crippen LogP contribution in [0.1, 0.15) is 32.4 Å². The molecule has 0 bridgehead atoms. The highest BCUT2D eigenvalue weighted by atomic mass is 35.5. The summed E-state index contributed by atoms with van der Waals surface area (Å²) in [5, 5.41) is 5.70. The van der Waals surface area contributed by atoms with Crippen LogP contribution in [-0.4, -0.2) is 48.8 Å². The first-order valence-electron chi connectivity index (χ1n) is 10.0. The van der Waals surface area contributed by atoms with Crippen LogP contribution in [0.5, 0.6) is 0 Å². The van der Waals surface area contributed by atoms with Crippen molar-refractivity contribution in [2.45, 2.75) is 26.8 Å². The molecule has 2 aromatic carbocycles. The highest BCUT2D eigenvalue weighted by Gasteiger charge is 2.34. The molecule has 0 N–H and O–H groups in total. The molecule has 2 aliphatic heterocycles. The number of rotatable bonds is 3. The van der Waals surface area contributed by atoms with E-state index in [0.29, 0.717) is 0 Å². The highest BCUT2D eigenvalue weighted by Crippen LogP contribution is 2.36. The Morgan fingerprint density at radius 1 is 1.04 bits per heavy atom. The van der Waals surface area contributed by atoms with E-state index in [0.717, 1.165) is 43.4 Å². The highest BCUT2D eigenvalue weighted by molar-refractivity contribution is 6.30. The molecule has 1 unspecified atom stereocenters. The maximum atomic E-state index is 6.17. The van der Waals surface area contributed by atoms with Crippen molar-refractivity contribution in [1.29, 1.82) is 0 Å². The number of para-hydroxylation sites is 2. The Labute approximate surface area is 173 Å². The van der Waals surface area contributed by atoms with Gasteiger partial charge in [0.25, 0.3) is 0 Å². The summed E-state index contributed by atoms with van der Waals surface area (Å²) >= 11 is 6.17. The van der Waals surface area contributed by atoms with Gasteiger partial charge in [-0.2, -0.15) is 0 Å². The number of nitrogens with zero attached hydrogens (tertiary/aromatic N) is 4. The largest absolute Gasteiger partial charge is 0.299 e. The molecule has 0 aliphatic carbocycles. The van der Waals surface area contributed by atoms with E-state index in [4.69, 9.17) is 11.6 Å². The van der Waals surface area contributed by atoms with E-state index in [1.807, 2.05) is 18.3 Å². The molecule has 2 aromatic rings. The molecule has 1 atom stereocenters. The quantitative estimate of drug-likeness (QED) is 0.713. The van der Waals surface area contributed by atoms with Crippen LogP contribution in [0.15, 0.2) is 53.5 Å². The van der Waals surface area contributed by atoms with Crippen molar-refractivity contribution in [3.63, 3.8) is 0 Å². The van der Waals surface area contributed by atoms with Gasteiger partial charge in [-0.25, -0.2) is 5.01 Å². The van der Waals surface area contributed by atoms with Crippen LogP contribution in [0, 0.1) is 5.41 Å². The van der Waals surface area contributed by atoms with Crippen molar-refractivity contribution >= 4 is 29.2 Å². The van der Waals surface area contributed by atoms with Crippen molar-refractivity contribution in [3.05, 3.63) is 59.1 Å². The summed E-state index contributed by atoms with van der Waals surface area (Å²) in [6.45, 7) is 11.9. The summed E-state index contributed by atoms with van der Waals surface area (Å²) in [7, 11) is 0. The van der Waals surface area contributed by atoms with Gasteiger partial charge in [0.05, 0.1) is 24.0 Å². The van der Waals surface area contributed by atoms with Gasteiger partial charge in [-0.1, -0.05) is 56.6 Å². The summed E-state index contributed by atoms with van der Waals surface area (Å²) in [6, 6.07) is 17.0. The number of hydrogen-bond acceptors (Lipinski definition) is 4. The van der Waals surface area contributed by atoms with E-state index in [1.54, 1.807) is 0 Å². The summed E-state index contributed by atoms with van der Waals surface area (Å²) in [4.78, 5) is 7.19. The lowest BCUT2D eigenvalue weighted by Gasteiger charge is -2.49. The van der Waals surface area contributed by atoms with E-state index in [2.05, 4.69) is 77.1 Å². The van der Waals surface area contributed by atoms with Crippen LogP contribution in [0.3, 0.4) is 0 Å². The third kappa shape index (κ3) is 4.24. The molecule has 0 radical (unpaired) electrons. The molecule has 2 heterocycles. The van der Waals surface area contributed by atoms with Crippen LogP contribution in [0.2, 0.25) is 5.02 Å². The molecular formula is C23H29ClN4. The van der Waals surface area contributed by atoms with Gasteiger partial charge in [0.2, 0.25) is 0 Å². The average molecular weight is 397 g/mol. The van der Waals surface area contributed by atoms with E-state index in [-0.39, 0.29) is 11.5 Å². The second-order valence-electron chi connectivity index (χ2n) is 8.91. The maximum Gasteiger partial charge on any atom is 0.0873 e. The normalized spacial score (nSPS) is 21.0. The Morgan fingerprint density at radius 3 is 2.54 bits per heavy atom. The van der Waals surface area contributed by atoms with Crippen LogP contribution in [-0.2, 0) is 0 Å².